The van der Waals surface area contributed by atoms with E-state index in [-0.39, 0.29) is 0 Å². The highest BCUT2D eigenvalue weighted by Gasteiger charge is 2.25. The average molecular weight is 334 g/mol. The van der Waals surface area contributed by atoms with E-state index in [1.54, 1.807) is 47.7 Å². The lowest BCUT2D eigenvalue weighted by molar-refractivity contribution is 0.204. The molecule has 0 atom stereocenters. The molecule has 0 fully saturated rings. The quantitative estimate of drug-likeness (QED) is 0.793. The van der Waals surface area contributed by atoms with Crippen LogP contribution in [0.4, 0.5) is 16.3 Å². The van der Waals surface area contributed by atoms with E-state index in [1.165, 1.54) is 4.90 Å². The van der Waals surface area contributed by atoms with Crippen LogP contribution in [0.25, 0.3) is 11.1 Å². The smallest absolute Gasteiger partial charge is 0.417 e. The van der Waals surface area contributed by atoms with Crippen LogP contribution in [0.5, 0.6) is 0 Å². The van der Waals surface area contributed by atoms with Gasteiger partial charge < -0.3 is 14.2 Å². The van der Waals surface area contributed by atoms with Crippen molar-refractivity contribution in [3.05, 3.63) is 73.2 Å². The van der Waals surface area contributed by atoms with Crippen LogP contribution in [0.1, 0.15) is 5.56 Å². The van der Waals surface area contributed by atoms with Gasteiger partial charge >= 0.3 is 6.09 Å². The lowest BCUT2D eigenvalue weighted by Crippen LogP contribution is -2.25. The van der Waals surface area contributed by atoms with Crippen molar-refractivity contribution in [1.82, 2.24) is 14.4 Å². The van der Waals surface area contributed by atoms with Gasteiger partial charge in [-0.1, -0.05) is 18.2 Å². The summed E-state index contributed by atoms with van der Waals surface area (Å²) in [6.07, 6.45) is 10.7. The van der Waals surface area contributed by atoms with E-state index in [0.29, 0.717) is 23.6 Å². The number of nitrogens with zero attached hydrogens (tertiary/aromatic N) is 4. The first-order valence-electron chi connectivity index (χ1n) is 7.63. The predicted octanol–water partition coefficient (Wildman–Crippen LogP) is 3.47. The number of rotatable bonds is 3. The Morgan fingerprint density at radius 1 is 1.32 bits per heavy atom. The predicted molar refractivity (Wildman–Crippen MR) is 92.7 cm³/mol. The van der Waals surface area contributed by atoms with Crippen molar-refractivity contribution in [2.45, 2.75) is 0 Å². The van der Waals surface area contributed by atoms with Gasteiger partial charge in [0.2, 0.25) is 0 Å². The van der Waals surface area contributed by atoms with Crippen LogP contribution in [0, 0.1) is 0 Å². The highest BCUT2D eigenvalue weighted by molar-refractivity contribution is 6.01. The number of fused-ring (bicyclic) bond motifs is 1. The van der Waals surface area contributed by atoms with Crippen molar-refractivity contribution in [1.29, 1.82) is 0 Å². The summed E-state index contributed by atoms with van der Waals surface area (Å²) in [5.41, 5.74) is 2.82. The molecule has 0 aliphatic carbocycles. The molecule has 7 heteroatoms. The van der Waals surface area contributed by atoms with Gasteiger partial charge in [0.05, 0.1) is 18.1 Å². The van der Waals surface area contributed by atoms with Gasteiger partial charge in [0, 0.05) is 18.0 Å². The molecule has 0 unspecified atom stereocenters. The van der Waals surface area contributed by atoms with Gasteiger partial charge in [-0.3, -0.25) is 4.98 Å². The molecule has 4 rings (SSSR count). The summed E-state index contributed by atoms with van der Waals surface area (Å²) in [4.78, 5) is 21.6. The Morgan fingerprint density at radius 3 is 3.00 bits per heavy atom. The van der Waals surface area contributed by atoms with E-state index in [9.17, 15) is 9.90 Å². The summed E-state index contributed by atoms with van der Waals surface area (Å²) in [5.74, 6) is 0.310. The van der Waals surface area contributed by atoms with E-state index in [0.717, 1.165) is 11.1 Å². The molecule has 0 spiro atoms. The van der Waals surface area contributed by atoms with E-state index in [1.807, 2.05) is 24.3 Å². The number of aromatic nitrogens is 3. The van der Waals surface area contributed by atoms with E-state index in [4.69, 9.17) is 4.74 Å². The molecule has 0 saturated heterocycles. The van der Waals surface area contributed by atoms with Crippen molar-refractivity contribution >= 4 is 28.7 Å². The number of anilines is 2. The van der Waals surface area contributed by atoms with Crippen molar-refractivity contribution in [3.63, 3.8) is 0 Å². The summed E-state index contributed by atoms with van der Waals surface area (Å²) in [7, 11) is 0. The van der Waals surface area contributed by atoms with Crippen molar-refractivity contribution in [2.75, 3.05) is 11.5 Å². The summed E-state index contributed by atoms with van der Waals surface area (Å²) in [6.45, 7) is 0.449. The Morgan fingerprint density at radius 2 is 2.20 bits per heavy atom. The second kappa shape index (κ2) is 6.12. The van der Waals surface area contributed by atoms with E-state index < -0.39 is 6.09 Å². The molecular weight excluding hydrogens is 320 g/mol. The topological polar surface area (TPSA) is 80.0 Å². The standard InChI is InChI=1S/C18H14N4O3/c23-18(24)22(17-16-11-19-7-8-21(16)12-20-17)15-4-2-1-3-14(15)13-5-9-25-10-6-13/h1-9,11-12H,10H2,(H,23,24). The Hall–Kier alpha value is -3.61. The number of ether oxygens (including phenoxy) is 1. The molecule has 0 saturated carbocycles. The zero-order chi connectivity index (χ0) is 17.2. The molecule has 0 radical (unpaired) electrons. The van der Waals surface area contributed by atoms with Crippen molar-refractivity contribution in [2.24, 2.45) is 0 Å². The number of amides is 1. The largest absolute Gasteiger partial charge is 0.497 e. The molecule has 1 aromatic carbocycles. The van der Waals surface area contributed by atoms with Gasteiger partial charge in [0.15, 0.2) is 5.82 Å². The van der Waals surface area contributed by atoms with Gasteiger partial charge in [-0.05, 0) is 23.8 Å². The summed E-state index contributed by atoms with van der Waals surface area (Å²) in [5, 5.41) is 9.87. The normalized spacial score (nSPS) is 13.4. The summed E-state index contributed by atoms with van der Waals surface area (Å²) < 4.78 is 6.92. The third kappa shape index (κ3) is 2.61. The Balaban J connectivity index is 1.90. The Labute approximate surface area is 143 Å². The summed E-state index contributed by atoms with van der Waals surface area (Å²) in [6, 6.07) is 7.31. The van der Waals surface area contributed by atoms with Gasteiger partial charge in [-0.2, -0.15) is 0 Å². The number of benzene rings is 1. The third-order valence-electron chi connectivity index (χ3n) is 3.92. The molecule has 1 aliphatic rings. The molecule has 1 N–H and O–H groups in total. The van der Waals surface area contributed by atoms with Crippen LogP contribution >= 0.6 is 0 Å². The zero-order valence-electron chi connectivity index (χ0n) is 13.1. The maximum absolute atomic E-state index is 12.1. The molecule has 3 aromatic rings. The molecule has 3 heterocycles. The fourth-order valence-electron chi connectivity index (χ4n) is 2.80. The maximum Gasteiger partial charge on any atom is 0.417 e. The first kappa shape index (κ1) is 14.9. The van der Waals surface area contributed by atoms with Gasteiger partial charge in [0.1, 0.15) is 18.5 Å². The SMILES string of the molecule is O=C(O)N(c1ccccc1C1=CCOC=C1)c1ncn2ccncc12. The van der Waals surface area contributed by atoms with Crippen LogP contribution in [0.3, 0.4) is 0 Å². The molecule has 1 aliphatic heterocycles. The molecule has 0 bridgehead atoms. The highest BCUT2D eigenvalue weighted by atomic mass is 16.5. The Kier molecular flexibility index (Phi) is 3.66. The van der Waals surface area contributed by atoms with E-state index >= 15 is 0 Å². The average Bonchev–Trinajstić information content (AvgIpc) is 3.07. The minimum absolute atomic E-state index is 0.310. The number of para-hydroxylation sites is 1. The van der Waals surface area contributed by atoms with Crippen LogP contribution in [-0.4, -0.2) is 32.2 Å². The molecule has 124 valence electrons. The first-order chi connectivity index (χ1) is 12.3. The molecule has 25 heavy (non-hydrogen) atoms. The molecule has 7 nitrogen and oxygen atoms in total. The Bertz CT molecular complexity index is 1010. The lowest BCUT2D eigenvalue weighted by Gasteiger charge is -2.21. The van der Waals surface area contributed by atoms with Crippen LogP contribution in [-0.2, 0) is 4.74 Å². The van der Waals surface area contributed by atoms with Crippen LogP contribution < -0.4 is 4.90 Å². The third-order valence-corrected chi connectivity index (χ3v) is 3.92. The first-order valence-corrected chi connectivity index (χ1v) is 7.63. The summed E-state index contributed by atoms with van der Waals surface area (Å²) >= 11 is 0. The fourth-order valence-corrected chi connectivity index (χ4v) is 2.80. The second-order valence-corrected chi connectivity index (χ2v) is 5.37. The second-order valence-electron chi connectivity index (χ2n) is 5.37. The fraction of sp³-hybridized carbons (Fsp3) is 0.0556. The minimum Gasteiger partial charge on any atom is -0.497 e. The molecule has 2 aromatic heterocycles. The lowest BCUT2D eigenvalue weighted by atomic mass is 10.0. The van der Waals surface area contributed by atoms with Gasteiger partial charge in [-0.25, -0.2) is 14.7 Å². The highest BCUT2D eigenvalue weighted by Crippen LogP contribution is 2.34. The number of carbonyl (C=O) groups is 1. The molecule has 1 amide bonds. The van der Waals surface area contributed by atoms with Crippen molar-refractivity contribution < 1.29 is 14.6 Å². The number of imidazole rings is 1. The van der Waals surface area contributed by atoms with E-state index in [2.05, 4.69) is 9.97 Å². The number of hydrogen-bond donors (Lipinski definition) is 1. The van der Waals surface area contributed by atoms with Gasteiger partial charge in [-0.15, -0.1) is 0 Å². The zero-order valence-corrected chi connectivity index (χ0v) is 13.1. The van der Waals surface area contributed by atoms with Crippen molar-refractivity contribution in [3.8, 4) is 0 Å². The number of hydrogen-bond acceptors (Lipinski definition) is 4. The number of allylic oxidation sites excluding steroid dienone is 2. The van der Waals surface area contributed by atoms with Gasteiger partial charge in [0.25, 0.3) is 0 Å². The minimum atomic E-state index is -1.12. The maximum atomic E-state index is 12.1. The monoisotopic (exact) mass is 334 g/mol. The molecular formula is C18H14N4O3. The van der Waals surface area contributed by atoms with Crippen LogP contribution in [0.2, 0.25) is 0 Å². The number of carboxylic acid groups (broad SMARTS) is 1. The van der Waals surface area contributed by atoms with Crippen LogP contribution in [0.15, 0.2) is 67.6 Å².